The Morgan fingerprint density at radius 1 is 0.846 bits per heavy atom. The van der Waals surface area contributed by atoms with Crippen LogP contribution >= 0.6 is 0 Å². The maximum atomic E-state index is 2.54. The fourth-order valence-electron chi connectivity index (χ4n) is 2.49. The third-order valence-electron chi connectivity index (χ3n) is 2.58. The fraction of sp³-hybridized carbons (Fsp3) is 1.00. The van der Waals surface area contributed by atoms with Gasteiger partial charge in [-0.25, -0.2) is 0 Å². The van der Waals surface area contributed by atoms with Crippen LogP contribution in [0.4, 0.5) is 0 Å². The highest BCUT2D eigenvalue weighted by atomic mass is 15.2. The zero-order valence-electron chi connectivity index (χ0n) is 10.6. The molecule has 0 rings (SSSR count). The van der Waals surface area contributed by atoms with Crippen molar-refractivity contribution in [2.75, 3.05) is 13.1 Å². The minimum Gasteiger partial charge on any atom is -0.299 e. The van der Waals surface area contributed by atoms with Crippen LogP contribution < -0.4 is 0 Å². The molecule has 0 aliphatic carbocycles. The average molecular weight is 185 g/mol. The van der Waals surface area contributed by atoms with Crippen LogP contribution in [0.1, 0.15) is 54.9 Å². The van der Waals surface area contributed by atoms with E-state index < -0.39 is 0 Å². The van der Waals surface area contributed by atoms with Gasteiger partial charge in [-0.15, -0.1) is 0 Å². The van der Waals surface area contributed by atoms with Crippen molar-refractivity contribution in [3.05, 3.63) is 0 Å². The molecule has 0 aromatic carbocycles. The minimum atomic E-state index is 0.335. The van der Waals surface area contributed by atoms with E-state index in [1.54, 1.807) is 0 Å². The molecular weight excluding hydrogens is 158 g/mol. The molecule has 0 unspecified atom stereocenters. The van der Waals surface area contributed by atoms with Crippen LogP contribution in [0.2, 0.25) is 0 Å². The molecule has 0 radical (unpaired) electrons. The molecule has 1 nitrogen and oxygen atoms in total. The second-order valence-electron chi connectivity index (χ2n) is 5.72. The second-order valence-corrected chi connectivity index (χ2v) is 5.72. The van der Waals surface area contributed by atoms with E-state index in [4.69, 9.17) is 0 Å². The average Bonchev–Trinajstić information content (AvgIpc) is 1.83. The molecule has 80 valence electrons. The van der Waals surface area contributed by atoms with Gasteiger partial charge in [0.2, 0.25) is 0 Å². The lowest BCUT2D eigenvalue weighted by Gasteiger charge is -2.41. The van der Waals surface area contributed by atoms with E-state index in [1.807, 2.05) is 0 Å². The standard InChI is InChI=1S/C12H27N/c1-8-13(9-2)12(6,7)10-11(3,4)5/h8-10H2,1-7H3. The SMILES string of the molecule is CCN(CC)C(C)(C)CC(C)(C)C. The highest BCUT2D eigenvalue weighted by Crippen LogP contribution is 2.30. The minimum absolute atomic E-state index is 0.335. The highest BCUT2D eigenvalue weighted by Gasteiger charge is 2.29. The van der Waals surface area contributed by atoms with Crippen molar-refractivity contribution >= 4 is 0 Å². The molecule has 0 atom stereocenters. The quantitative estimate of drug-likeness (QED) is 0.647. The molecule has 0 heterocycles. The fourth-order valence-corrected chi connectivity index (χ4v) is 2.49. The van der Waals surface area contributed by atoms with Gasteiger partial charge in [0, 0.05) is 5.54 Å². The Kier molecular flexibility index (Phi) is 4.44. The summed E-state index contributed by atoms with van der Waals surface area (Å²) in [4.78, 5) is 2.54. The molecule has 13 heavy (non-hydrogen) atoms. The van der Waals surface area contributed by atoms with Crippen LogP contribution in [0.3, 0.4) is 0 Å². The summed E-state index contributed by atoms with van der Waals surface area (Å²) < 4.78 is 0. The Hall–Kier alpha value is -0.0400. The van der Waals surface area contributed by atoms with Crippen LogP contribution in [0.5, 0.6) is 0 Å². The zero-order valence-corrected chi connectivity index (χ0v) is 10.6. The van der Waals surface area contributed by atoms with Gasteiger partial charge in [0.1, 0.15) is 0 Å². The van der Waals surface area contributed by atoms with Gasteiger partial charge in [-0.3, -0.25) is 4.90 Å². The van der Waals surface area contributed by atoms with Crippen molar-refractivity contribution in [2.24, 2.45) is 5.41 Å². The van der Waals surface area contributed by atoms with Gasteiger partial charge in [0.05, 0.1) is 0 Å². The summed E-state index contributed by atoms with van der Waals surface area (Å²) in [6.45, 7) is 18.5. The first-order valence-electron chi connectivity index (χ1n) is 5.48. The molecule has 0 bridgehead atoms. The summed E-state index contributed by atoms with van der Waals surface area (Å²) in [5.74, 6) is 0. The van der Waals surface area contributed by atoms with Crippen LogP contribution in [-0.2, 0) is 0 Å². The van der Waals surface area contributed by atoms with Gasteiger partial charge in [0.15, 0.2) is 0 Å². The van der Waals surface area contributed by atoms with E-state index in [2.05, 4.69) is 53.4 Å². The van der Waals surface area contributed by atoms with E-state index in [1.165, 1.54) is 6.42 Å². The highest BCUT2D eigenvalue weighted by molar-refractivity contribution is 4.84. The summed E-state index contributed by atoms with van der Waals surface area (Å²) in [5, 5.41) is 0. The lowest BCUT2D eigenvalue weighted by Crippen LogP contribution is -2.46. The molecule has 0 spiro atoms. The first-order valence-corrected chi connectivity index (χ1v) is 5.48. The van der Waals surface area contributed by atoms with Crippen molar-refractivity contribution in [1.29, 1.82) is 0 Å². The zero-order chi connectivity index (χ0) is 10.7. The van der Waals surface area contributed by atoms with E-state index in [0.717, 1.165) is 13.1 Å². The monoisotopic (exact) mass is 185 g/mol. The van der Waals surface area contributed by atoms with E-state index in [9.17, 15) is 0 Å². The molecule has 0 aromatic heterocycles. The van der Waals surface area contributed by atoms with Gasteiger partial charge in [-0.05, 0) is 38.8 Å². The maximum Gasteiger partial charge on any atom is 0.0158 e. The van der Waals surface area contributed by atoms with Crippen molar-refractivity contribution in [1.82, 2.24) is 4.90 Å². The lowest BCUT2D eigenvalue weighted by atomic mass is 9.81. The molecule has 0 amide bonds. The number of rotatable bonds is 4. The van der Waals surface area contributed by atoms with Gasteiger partial charge < -0.3 is 0 Å². The van der Waals surface area contributed by atoms with Gasteiger partial charge in [-0.2, -0.15) is 0 Å². The predicted octanol–water partition coefficient (Wildman–Crippen LogP) is 3.54. The third kappa shape index (κ3) is 4.66. The first-order chi connectivity index (χ1) is 5.73. The molecule has 0 aliphatic heterocycles. The van der Waals surface area contributed by atoms with Crippen LogP contribution in [0.15, 0.2) is 0 Å². The normalized spacial score (nSPS) is 13.8. The maximum absolute atomic E-state index is 2.54. The van der Waals surface area contributed by atoms with Crippen molar-refractivity contribution in [2.45, 2.75) is 60.4 Å². The van der Waals surface area contributed by atoms with Crippen LogP contribution in [-0.4, -0.2) is 23.5 Å². The molecular formula is C12H27N. The van der Waals surface area contributed by atoms with Gasteiger partial charge >= 0.3 is 0 Å². The largest absolute Gasteiger partial charge is 0.299 e. The lowest BCUT2D eigenvalue weighted by molar-refractivity contribution is 0.0878. The second kappa shape index (κ2) is 4.45. The molecule has 1 heteroatoms. The Morgan fingerprint density at radius 3 is 1.46 bits per heavy atom. The smallest absolute Gasteiger partial charge is 0.0158 e. The van der Waals surface area contributed by atoms with Crippen molar-refractivity contribution < 1.29 is 0 Å². The van der Waals surface area contributed by atoms with E-state index >= 15 is 0 Å². The Balaban J connectivity index is 4.36. The summed E-state index contributed by atoms with van der Waals surface area (Å²) in [6, 6.07) is 0. The predicted molar refractivity (Wildman–Crippen MR) is 61.1 cm³/mol. The van der Waals surface area contributed by atoms with Crippen molar-refractivity contribution in [3.63, 3.8) is 0 Å². The third-order valence-corrected chi connectivity index (χ3v) is 2.58. The molecule has 0 aliphatic rings. The number of hydrogen-bond donors (Lipinski definition) is 0. The Morgan fingerprint density at radius 2 is 1.23 bits per heavy atom. The first kappa shape index (κ1) is 13.0. The molecule has 0 saturated carbocycles. The molecule has 0 fully saturated rings. The number of nitrogens with zero attached hydrogens (tertiary/aromatic N) is 1. The van der Waals surface area contributed by atoms with E-state index in [-0.39, 0.29) is 0 Å². The summed E-state index contributed by atoms with van der Waals surface area (Å²) in [6.07, 6.45) is 1.25. The summed E-state index contributed by atoms with van der Waals surface area (Å²) in [5.41, 5.74) is 0.758. The number of hydrogen-bond acceptors (Lipinski definition) is 1. The van der Waals surface area contributed by atoms with Crippen molar-refractivity contribution in [3.8, 4) is 0 Å². The summed E-state index contributed by atoms with van der Waals surface area (Å²) in [7, 11) is 0. The Labute approximate surface area is 84.5 Å². The molecule has 0 aromatic rings. The summed E-state index contributed by atoms with van der Waals surface area (Å²) >= 11 is 0. The topological polar surface area (TPSA) is 3.24 Å². The van der Waals surface area contributed by atoms with Gasteiger partial charge in [-0.1, -0.05) is 34.6 Å². The Bertz CT molecular complexity index is 138. The van der Waals surface area contributed by atoms with Gasteiger partial charge in [0.25, 0.3) is 0 Å². The van der Waals surface area contributed by atoms with Crippen LogP contribution in [0.25, 0.3) is 0 Å². The van der Waals surface area contributed by atoms with E-state index in [0.29, 0.717) is 11.0 Å². The van der Waals surface area contributed by atoms with Crippen LogP contribution in [0, 0.1) is 5.41 Å². The molecule has 0 saturated heterocycles. The molecule has 0 N–H and O–H groups in total.